The van der Waals surface area contributed by atoms with Gasteiger partial charge in [0.2, 0.25) is 0 Å². The number of halogens is 9. The zero-order chi connectivity index (χ0) is 39.2. The highest BCUT2D eigenvalue weighted by Gasteiger charge is 2.34. The van der Waals surface area contributed by atoms with Crippen LogP contribution in [0.4, 0.5) is 53.5 Å². The number of carbonyl (C=O) groups is 3. The van der Waals surface area contributed by atoms with E-state index in [1.54, 1.807) is 0 Å². The molecule has 0 bridgehead atoms. The molecule has 0 aliphatic carbocycles. The Morgan fingerprint density at radius 1 is 0.604 bits per heavy atom. The van der Waals surface area contributed by atoms with Gasteiger partial charge in [-0.2, -0.15) is 26.3 Å². The third-order valence-corrected chi connectivity index (χ3v) is 7.76. The lowest BCUT2D eigenvalue weighted by atomic mass is 10.1. The van der Waals surface area contributed by atoms with Crippen molar-refractivity contribution in [3.8, 4) is 0 Å². The molecule has 5 rings (SSSR count). The minimum Gasteiger partial charge on any atom is -0.397 e. The summed E-state index contributed by atoms with van der Waals surface area (Å²) in [6.45, 7) is 2.62. The van der Waals surface area contributed by atoms with Crippen molar-refractivity contribution < 1.29 is 45.1 Å². The number of nitrogens with two attached hydrogens (primary N) is 1. The molecule has 0 aliphatic heterocycles. The molecule has 0 spiro atoms. The summed E-state index contributed by atoms with van der Waals surface area (Å²) in [5.74, 6) is -2.75. The van der Waals surface area contributed by atoms with Gasteiger partial charge in [0.05, 0.1) is 49.5 Å². The molecule has 0 fully saturated rings. The smallest absolute Gasteiger partial charge is 0.397 e. The van der Waals surface area contributed by atoms with Gasteiger partial charge in [-0.1, -0.05) is 35.3 Å². The number of hydrogen-bond donors (Lipinski definition) is 4. The number of aryl methyl sites for hydroxylation is 2. The lowest BCUT2D eigenvalue weighted by molar-refractivity contribution is -0.142. The molecule has 3 amide bonds. The summed E-state index contributed by atoms with van der Waals surface area (Å²) in [4.78, 5) is 43.7. The van der Waals surface area contributed by atoms with Crippen molar-refractivity contribution >= 4 is 63.7 Å². The van der Waals surface area contributed by atoms with Crippen LogP contribution in [0.2, 0.25) is 10.0 Å². The van der Waals surface area contributed by atoms with Gasteiger partial charge in [-0.25, -0.2) is 14.4 Å². The number of rotatable bonds is 6. The van der Waals surface area contributed by atoms with Crippen LogP contribution >= 0.6 is 23.2 Å². The molecule has 53 heavy (non-hydrogen) atoms. The first-order chi connectivity index (χ1) is 24.7. The molecule has 5 N–H and O–H groups in total. The van der Waals surface area contributed by atoms with E-state index in [4.69, 9.17) is 28.9 Å². The number of nitrogens with one attached hydrogen (secondary N) is 3. The van der Waals surface area contributed by atoms with E-state index in [1.165, 1.54) is 68.4 Å². The fourth-order valence-electron chi connectivity index (χ4n) is 4.47. The van der Waals surface area contributed by atoms with E-state index in [9.17, 15) is 45.1 Å². The van der Waals surface area contributed by atoms with E-state index >= 15 is 0 Å². The van der Waals surface area contributed by atoms with E-state index in [1.807, 2.05) is 0 Å². The molecule has 0 radical (unpaired) electrons. The monoisotopic (exact) mass is 780 g/mol. The van der Waals surface area contributed by atoms with Crippen molar-refractivity contribution in [3.05, 3.63) is 140 Å². The Hall–Kier alpha value is -5.74. The molecule has 2 heterocycles. The molecular formula is C35H25Cl2F7N6O3. The van der Waals surface area contributed by atoms with E-state index in [2.05, 4.69) is 25.9 Å². The number of pyridine rings is 2. The number of benzene rings is 3. The van der Waals surface area contributed by atoms with E-state index in [0.717, 1.165) is 24.3 Å². The third kappa shape index (κ3) is 10.4. The molecule has 0 aliphatic rings. The van der Waals surface area contributed by atoms with Crippen molar-refractivity contribution in [1.29, 1.82) is 0 Å². The average Bonchev–Trinajstić information content (AvgIpc) is 3.07. The normalized spacial score (nSPS) is 11.2. The molecule has 2 aromatic heterocycles. The summed E-state index contributed by atoms with van der Waals surface area (Å²) in [5, 5.41) is 7.96. The zero-order valence-corrected chi connectivity index (χ0v) is 28.7. The van der Waals surface area contributed by atoms with Crippen LogP contribution < -0.4 is 21.7 Å². The summed E-state index contributed by atoms with van der Waals surface area (Å²) in [6.07, 6.45) is -9.17. The third-order valence-electron chi connectivity index (χ3n) is 7.09. The van der Waals surface area contributed by atoms with Crippen molar-refractivity contribution in [2.75, 3.05) is 21.7 Å². The van der Waals surface area contributed by atoms with Gasteiger partial charge in [0.1, 0.15) is 17.2 Å². The summed E-state index contributed by atoms with van der Waals surface area (Å²) in [6, 6.07) is 17.6. The van der Waals surface area contributed by atoms with Crippen LogP contribution in [0.3, 0.4) is 0 Å². The standard InChI is InChI=1S/C21H14ClF4N3O2.C14H11ClF3N3O/c1-11-13(7-9-18(27-11)21(24,25)26)19(30)28-12-6-8-15(22)17(10-12)29-20(31)14-4-2-3-5-16(14)23;1-7-9(3-5-12(20-7)14(16,17)18)13(22)21-8-2-4-10(15)11(19)6-8/h2-10H,1H3,(H,28,30)(H,29,31);2-6H,19H2,1H3,(H,21,22). The number of anilines is 4. The quantitative estimate of drug-likeness (QED) is 0.100. The van der Waals surface area contributed by atoms with Gasteiger partial charge >= 0.3 is 12.4 Å². The second-order valence-corrected chi connectivity index (χ2v) is 11.7. The van der Waals surface area contributed by atoms with Crippen molar-refractivity contribution in [2.45, 2.75) is 26.2 Å². The minimum absolute atomic E-state index is 0.0192. The van der Waals surface area contributed by atoms with Crippen LogP contribution in [-0.4, -0.2) is 27.7 Å². The van der Waals surface area contributed by atoms with Gasteiger partial charge in [-0.05, 0) is 86.6 Å². The average molecular weight is 782 g/mol. The molecule has 3 aromatic carbocycles. The van der Waals surface area contributed by atoms with Crippen molar-refractivity contribution in [1.82, 2.24) is 9.97 Å². The number of nitrogen functional groups attached to an aromatic ring is 1. The van der Waals surface area contributed by atoms with Gasteiger partial charge < -0.3 is 21.7 Å². The Kier molecular flexibility index (Phi) is 12.3. The summed E-state index contributed by atoms with van der Waals surface area (Å²) in [5.41, 5.74) is 4.11. The summed E-state index contributed by atoms with van der Waals surface area (Å²) >= 11 is 11.8. The predicted molar refractivity (Wildman–Crippen MR) is 186 cm³/mol. The maximum absolute atomic E-state index is 13.8. The highest BCUT2D eigenvalue weighted by molar-refractivity contribution is 6.34. The van der Waals surface area contributed by atoms with E-state index in [0.29, 0.717) is 16.8 Å². The van der Waals surface area contributed by atoms with Gasteiger partial charge in [0.25, 0.3) is 17.7 Å². The molecule has 9 nitrogen and oxygen atoms in total. The largest absolute Gasteiger partial charge is 0.433 e. The fraction of sp³-hybridized carbons (Fsp3) is 0.114. The van der Waals surface area contributed by atoms with E-state index in [-0.39, 0.29) is 50.2 Å². The maximum atomic E-state index is 13.8. The molecular weight excluding hydrogens is 756 g/mol. The number of alkyl halides is 6. The first kappa shape index (κ1) is 40.0. The minimum atomic E-state index is -4.62. The van der Waals surface area contributed by atoms with Crippen LogP contribution in [0.5, 0.6) is 0 Å². The Labute approximate surface area is 306 Å². The number of carbonyl (C=O) groups excluding carboxylic acids is 3. The SMILES string of the molecule is Cc1nc(C(F)(F)F)ccc1C(=O)Nc1ccc(Cl)c(N)c1.Cc1nc(C(F)(F)F)ccc1C(=O)Nc1ccc(Cl)c(NC(=O)c2ccccc2F)c1. The van der Waals surface area contributed by atoms with Crippen molar-refractivity contribution in [2.24, 2.45) is 0 Å². The van der Waals surface area contributed by atoms with Gasteiger partial charge in [0.15, 0.2) is 0 Å². The predicted octanol–water partition coefficient (Wildman–Crippen LogP) is 9.60. The molecule has 18 heteroatoms. The highest BCUT2D eigenvalue weighted by Crippen LogP contribution is 2.31. The lowest BCUT2D eigenvalue weighted by Gasteiger charge is -2.13. The van der Waals surface area contributed by atoms with Gasteiger partial charge in [-0.15, -0.1) is 0 Å². The molecule has 0 unspecified atom stereocenters. The maximum Gasteiger partial charge on any atom is 0.433 e. The molecule has 0 atom stereocenters. The molecule has 0 saturated carbocycles. The Morgan fingerprint density at radius 2 is 1.06 bits per heavy atom. The number of hydrogen-bond acceptors (Lipinski definition) is 6. The zero-order valence-electron chi connectivity index (χ0n) is 27.2. The van der Waals surface area contributed by atoms with E-state index < -0.39 is 47.3 Å². The summed E-state index contributed by atoms with van der Waals surface area (Å²) in [7, 11) is 0. The van der Waals surface area contributed by atoms with Crippen LogP contribution in [0.25, 0.3) is 0 Å². The topological polar surface area (TPSA) is 139 Å². The first-order valence-electron chi connectivity index (χ1n) is 14.9. The molecule has 5 aromatic rings. The number of amides is 3. The van der Waals surface area contributed by atoms with Gasteiger partial charge in [0, 0.05) is 11.4 Å². The van der Waals surface area contributed by atoms with Crippen LogP contribution in [0.1, 0.15) is 53.8 Å². The Bertz CT molecular complexity index is 2200. The van der Waals surface area contributed by atoms with Crippen LogP contribution in [0.15, 0.2) is 84.9 Å². The number of aromatic nitrogens is 2. The van der Waals surface area contributed by atoms with Gasteiger partial charge in [-0.3, -0.25) is 14.4 Å². The lowest BCUT2D eigenvalue weighted by Crippen LogP contribution is -2.17. The Morgan fingerprint density at radius 3 is 1.51 bits per heavy atom. The first-order valence-corrected chi connectivity index (χ1v) is 15.6. The highest BCUT2D eigenvalue weighted by atomic mass is 35.5. The molecule has 276 valence electrons. The fourth-order valence-corrected chi connectivity index (χ4v) is 4.75. The summed E-state index contributed by atoms with van der Waals surface area (Å²) < 4.78 is 89.7. The second-order valence-electron chi connectivity index (χ2n) is 10.9. The second kappa shape index (κ2) is 16.3. The molecule has 0 saturated heterocycles. The van der Waals surface area contributed by atoms with Crippen molar-refractivity contribution in [3.63, 3.8) is 0 Å². The van der Waals surface area contributed by atoms with Crippen LogP contribution in [-0.2, 0) is 12.4 Å². The Balaban J connectivity index is 0.000000251. The number of nitrogens with zero attached hydrogens (tertiary/aromatic N) is 2. The van der Waals surface area contributed by atoms with Crippen LogP contribution in [0, 0.1) is 19.7 Å².